The van der Waals surface area contributed by atoms with Crippen molar-refractivity contribution in [1.82, 2.24) is 0 Å². The van der Waals surface area contributed by atoms with E-state index in [9.17, 15) is 4.79 Å². The van der Waals surface area contributed by atoms with Crippen molar-refractivity contribution >= 4 is 50.7 Å². The number of fused-ring (bicyclic) bond motifs is 1. The zero-order valence-electron chi connectivity index (χ0n) is 11.2. The molecule has 1 N–H and O–H groups in total. The van der Waals surface area contributed by atoms with Crippen LogP contribution in [0.3, 0.4) is 0 Å². The zero-order valence-corrected chi connectivity index (χ0v) is 14.3. The summed E-state index contributed by atoms with van der Waals surface area (Å²) in [7, 11) is 0. The lowest BCUT2D eigenvalue weighted by Gasteiger charge is -2.17. The summed E-state index contributed by atoms with van der Waals surface area (Å²) in [6.45, 7) is 1.98. The maximum Gasteiger partial charge on any atom is 0.228 e. The van der Waals surface area contributed by atoms with Crippen molar-refractivity contribution < 1.29 is 4.79 Å². The normalized spacial score (nSPS) is 14.8. The molecule has 0 aromatic heterocycles. The fourth-order valence-corrected chi connectivity index (χ4v) is 3.99. The summed E-state index contributed by atoms with van der Waals surface area (Å²) in [6.07, 6.45) is 0.397. The lowest BCUT2D eigenvalue weighted by molar-refractivity contribution is -0.115. The maximum atomic E-state index is 11.5. The Kier molecular flexibility index (Phi) is 4.00. The van der Waals surface area contributed by atoms with Gasteiger partial charge in [0.25, 0.3) is 0 Å². The Hall–Kier alpha value is -1.03. The Bertz CT molecular complexity index is 745. The summed E-state index contributed by atoms with van der Waals surface area (Å²) in [5.74, 6) is 0.00303. The van der Waals surface area contributed by atoms with Crippen LogP contribution in [0.1, 0.15) is 27.1 Å². The Morgan fingerprint density at radius 2 is 1.95 bits per heavy atom. The van der Waals surface area contributed by atoms with E-state index < -0.39 is 0 Å². The molecule has 1 aliphatic heterocycles. The van der Waals surface area contributed by atoms with E-state index in [1.165, 1.54) is 0 Å². The topological polar surface area (TPSA) is 29.1 Å². The van der Waals surface area contributed by atoms with Gasteiger partial charge >= 0.3 is 0 Å². The largest absolute Gasteiger partial charge is 0.325 e. The SMILES string of the molecule is Cc1c(Cl)cccc1C(Br)c1cc2c(cc1Cl)NC(=O)C2. The Morgan fingerprint density at radius 3 is 2.71 bits per heavy atom. The van der Waals surface area contributed by atoms with Crippen LogP contribution in [0.2, 0.25) is 10.0 Å². The number of amides is 1. The number of halogens is 3. The molecule has 108 valence electrons. The number of hydrogen-bond donors (Lipinski definition) is 1. The molecule has 2 nitrogen and oxygen atoms in total. The number of benzene rings is 2. The average molecular weight is 385 g/mol. The number of anilines is 1. The molecule has 0 radical (unpaired) electrons. The summed E-state index contributed by atoms with van der Waals surface area (Å²) >= 11 is 16.3. The number of hydrogen-bond acceptors (Lipinski definition) is 1. The van der Waals surface area contributed by atoms with Crippen molar-refractivity contribution in [3.8, 4) is 0 Å². The molecule has 1 amide bonds. The van der Waals surface area contributed by atoms with Gasteiger partial charge in [-0.3, -0.25) is 4.79 Å². The van der Waals surface area contributed by atoms with Crippen molar-refractivity contribution in [2.75, 3.05) is 5.32 Å². The molecule has 0 aliphatic carbocycles. The molecule has 1 aliphatic rings. The molecule has 1 heterocycles. The standard InChI is InChI=1S/C16H12BrCl2NO/c1-8-10(3-2-4-12(8)18)16(17)11-5-9-6-15(21)20-14(9)7-13(11)19/h2-5,7,16H,6H2,1H3,(H,20,21). The highest BCUT2D eigenvalue weighted by Crippen LogP contribution is 2.41. The van der Waals surface area contributed by atoms with Crippen LogP contribution in [-0.2, 0) is 11.2 Å². The van der Waals surface area contributed by atoms with Crippen LogP contribution < -0.4 is 5.32 Å². The van der Waals surface area contributed by atoms with E-state index in [1.807, 2.05) is 37.3 Å². The quantitative estimate of drug-likeness (QED) is 0.701. The van der Waals surface area contributed by atoms with Crippen LogP contribution in [-0.4, -0.2) is 5.91 Å². The van der Waals surface area contributed by atoms with Crippen LogP contribution in [0.4, 0.5) is 5.69 Å². The highest BCUT2D eigenvalue weighted by atomic mass is 79.9. The molecule has 1 atom stereocenters. The number of nitrogens with one attached hydrogen (secondary N) is 1. The predicted molar refractivity (Wildman–Crippen MR) is 90.7 cm³/mol. The van der Waals surface area contributed by atoms with Gasteiger partial charge in [-0.25, -0.2) is 0 Å². The van der Waals surface area contributed by atoms with Crippen LogP contribution in [0.5, 0.6) is 0 Å². The Morgan fingerprint density at radius 1 is 1.19 bits per heavy atom. The summed E-state index contributed by atoms with van der Waals surface area (Å²) in [5, 5.41) is 4.16. The van der Waals surface area contributed by atoms with Gasteiger partial charge in [-0.2, -0.15) is 0 Å². The number of rotatable bonds is 2. The van der Waals surface area contributed by atoms with Crippen molar-refractivity contribution in [3.05, 3.63) is 62.6 Å². The number of carbonyl (C=O) groups excluding carboxylic acids is 1. The molecule has 2 aromatic carbocycles. The molecule has 21 heavy (non-hydrogen) atoms. The monoisotopic (exact) mass is 383 g/mol. The smallest absolute Gasteiger partial charge is 0.228 e. The molecular formula is C16H12BrCl2NO. The first kappa shape index (κ1) is 14.9. The van der Waals surface area contributed by atoms with Crippen LogP contribution in [0.25, 0.3) is 0 Å². The maximum absolute atomic E-state index is 11.5. The first-order valence-electron chi connectivity index (χ1n) is 6.48. The second-order valence-electron chi connectivity index (χ2n) is 5.07. The van der Waals surface area contributed by atoms with Gasteiger partial charge in [0.15, 0.2) is 0 Å². The summed E-state index contributed by atoms with van der Waals surface area (Å²) in [6, 6.07) is 9.60. The molecule has 0 spiro atoms. The van der Waals surface area contributed by atoms with Gasteiger partial charge in [-0.15, -0.1) is 0 Å². The Labute approximate surface area is 141 Å². The second kappa shape index (κ2) is 5.64. The third-order valence-corrected chi connectivity index (χ3v) is 5.43. The summed E-state index contributed by atoms with van der Waals surface area (Å²) < 4.78 is 0. The van der Waals surface area contributed by atoms with E-state index in [-0.39, 0.29) is 10.7 Å². The van der Waals surface area contributed by atoms with Crippen molar-refractivity contribution in [2.24, 2.45) is 0 Å². The minimum absolute atomic E-state index is 0.00303. The summed E-state index contributed by atoms with van der Waals surface area (Å²) in [5.41, 5.74) is 4.81. The molecular weight excluding hydrogens is 373 g/mol. The second-order valence-corrected chi connectivity index (χ2v) is 6.80. The van der Waals surface area contributed by atoms with E-state index >= 15 is 0 Å². The van der Waals surface area contributed by atoms with Gasteiger partial charge in [0.2, 0.25) is 5.91 Å². The first-order chi connectivity index (χ1) is 9.97. The van der Waals surface area contributed by atoms with E-state index in [0.29, 0.717) is 11.4 Å². The number of carbonyl (C=O) groups is 1. The fourth-order valence-electron chi connectivity index (χ4n) is 2.53. The van der Waals surface area contributed by atoms with E-state index in [4.69, 9.17) is 23.2 Å². The van der Waals surface area contributed by atoms with Gasteiger partial charge in [-0.1, -0.05) is 57.3 Å². The highest BCUT2D eigenvalue weighted by Gasteiger charge is 2.23. The van der Waals surface area contributed by atoms with Gasteiger partial charge in [0, 0.05) is 15.7 Å². The highest BCUT2D eigenvalue weighted by molar-refractivity contribution is 9.09. The minimum atomic E-state index is -0.0651. The molecule has 5 heteroatoms. The molecule has 2 aromatic rings. The zero-order chi connectivity index (χ0) is 15.1. The number of alkyl halides is 1. The van der Waals surface area contributed by atoms with Gasteiger partial charge in [0.1, 0.15) is 0 Å². The first-order valence-corrected chi connectivity index (χ1v) is 8.16. The van der Waals surface area contributed by atoms with E-state index in [2.05, 4.69) is 21.2 Å². The lowest BCUT2D eigenvalue weighted by Crippen LogP contribution is -2.03. The van der Waals surface area contributed by atoms with E-state index in [1.54, 1.807) is 0 Å². The van der Waals surface area contributed by atoms with Gasteiger partial charge in [0.05, 0.1) is 11.2 Å². The van der Waals surface area contributed by atoms with Crippen molar-refractivity contribution in [1.29, 1.82) is 0 Å². The minimum Gasteiger partial charge on any atom is -0.325 e. The van der Waals surface area contributed by atoms with Crippen LogP contribution in [0, 0.1) is 6.92 Å². The molecule has 3 rings (SSSR count). The van der Waals surface area contributed by atoms with Crippen molar-refractivity contribution in [2.45, 2.75) is 18.2 Å². The molecule has 1 unspecified atom stereocenters. The van der Waals surface area contributed by atoms with Crippen molar-refractivity contribution in [3.63, 3.8) is 0 Å². The van der Waals surface area contributed by atoms with Gasteiger partial charge < -0.3 is 5.32 Å². The predicted octanol–water partition coefficient (Wildman–Crippen LogP) is 5.28. The third kappa shape index (κ3) is 2.70. The summed E-state index contributed by atoms with van der Waals surface area (Å²) in [4.78, 5) is 11.4. The van der Waals surface area contributed by atoms with Crippen LogP contribution in [0.15, 0.2) is 30.3 Å². The molecule has 0 saturated heterocycles. The van der Waals surface area contributed by atoms with E-state index in [0.717, 1.165) is 33.0 Å². The molecule has 0 saturated carbocycles. The third-order valence-electron chi connectivity index (χ3n) is 3.70. The average Bonchev–Trinajstić information content (AvgIpc) is 2.79. The molecule has 0 fully saturated rings. The van der Waals surface area contributed by atoms with Gasteiger partial charge in [-0.05, 0) is 41.3 Å². The van der Waals surface area contributed by atoms with Crippen LogP contribution >= 0.6 is 39.1 Å². The lowest BCUT2D eigenvalue weighted by atomic mass is 9.98. The Balaban J connectivity index is 2.06. The fraction of sp³-hybridized carbons (Fsp3) is 0.188. The molecule has 0 bridgehead atoms.